The lowest BCUT2D eigenvalue weighted by molar-refractivity contribution is 0.0601. The Morgan fingerprint density at radius 3 is 2.79 bits per heavy atom. The SMILES string of the molecule is COC(=O)c1ccc2c(=O)n(C[C@@H](C)O)c(S[C@H](C)C#N)nc2c1. The van der Waals surface area contributed by atoms with Gasteiger partial charge in [-0.3, -0.25) is 9.36 Å². The predicted molar refractivity (Wildman–Crippen MR) is 90.0 cm³/mol. The van der Waals surface area contributed by atoms with Gasteiger partial charge in [0.2, 0.25) is 0 Å². The first kappa shape index (κ1) is 18.0. The highest BCUT2D eigenvalue weighted by atomic mass is 32.2. The van der Waals surface area contributed by atoms with Crippen molar-refractivity contribution < 1.29 is 14.6 Å². The zero-order valence-electron chi connectivity index (χ0n) is 13.5. The molecule has 0 aliphatic rings. The number of hydrogen-bond acceptors (Lipinski definition) is 7. The molecule has 1 N–H and O–H groups in total. The molecule has 0 fully saturated rings. The fourth-order valence-corrected chi connectivity index (χ4v) is 2.95. The van der Waals surface area contributed by atoms with Crippen LogP contribution < -0.4 is 5.56 Å². The van der Waals surface area contributed by atoms with Gasteiger partial charge in [-0.15, -0.1) is 0 Å². The lowest BCUT2D eigenvalue weighted by Crippen LogP contribution is -2.28. The quantitative estimate of drug-likeness (QED) is 0.497. The van der Waals surface area contributed by atoms with Crippen molar-refractivity contribution in [1.29, 1.82) is 5.26 Å². The first-order valence-corrected chi connectivity index (χ1v) is 8.12. The van der Waals surface area contributed by atoms with E-state index in [1.54, 1.807) is 13.8 Å². The number of nitriles is 1. The van der Waals surface area contributed by atoms with Gasteiger partial charge < -0.3 is 9.84 Å². The third-order valence-electron chi connectivity index (χ3n) is 3.25. The van der Waals surface area contributed by atoms with Crippen LogP contribution in [0.15, 0.2) is 28.2 Å². The normalized spacial score (nSPS) is 13.3. The Kier molecular flexibility index (Phi) is 5.59. The topological polar surface area (TPSA) is 105 Å². The molecule has 0 radical (unpaired) electrons. The minimum absolute atomic E-state index is 0.0704. The van der Waals surface area contributed by atoms with Crippen molar-refractivity contribution in [2.75, 3.05) is 7.11 Å². The highest BCUT2D eigenvalue weighted by Gasteiger charge is 2.17. The van der Waals surface area contributed by atoms with E-state index in [4.69, 9.17) is 5.26 Å². The lowest BCUT2D eigenvalue weighted by atomic mass is 10.1. The highest BCUT2D eigenvalue weighted by molar-refractivity contribution is 8.00. The Balaban J connectivity index is 2.67. The van der Waals surface area contributed by atoms with E-state index in [0.29, 0.717) is 16.1 Å². The molecule has 0 unspecified atom stereocenters. The minimum atomic E-state index is -0.743. The van der Waals surface area contributed by atoms with Gasteiger partial charge in [-0.1, -0.05) is 11.8 Å². The number of aromatic nitrogens is 2. The molecule has 24 heavy (non-hydrogen) atoms. The van der Waals surface area contributed by atoms with Gasteiger partial charge in [-0.05, 0) is 32.0 Å². The maximum absolute atomic E-state index is 12.7. The maximum atomic E-state index is 12.7. The summed E-state index contributed by atoms with van der Waals surface area (Å²) in [5, 5.41) is 18.9. The minimum Gasteiger partial charge on any atom is -0.465 e. The monoisotopic (exact) mass is 347 g/mol. The van der Waals surface area contributed by atoms with Crippen LogP contribution in [0.4, 0.5) is 0 Å². The largest absolute Gasteiger partial charge is 0.465 e. The van der Waals surface area contributed by atoms with E-state index in [9.17, 15) is 14.7 Å². The van der Waals surface area contributed by atoms with E-state index in [1.807, 2.05) is 0 Å². The summed E-state index contributed by atoms with van der Waals surface area (Å²) >= 11 is 1.12. The number of aliphatic hydroxyl groups excluding tert-OH is 1. The van der Waals surface area contributed by atoms with Gasteiger partial charge >= 0.3 is 5.97 Å². The second-order valence-electron chi connectivity index (χ2n) is 5.27. The number of ether oxygens (including phenoxy) is 1. The van der Waals surface area contributed by atoms with Crippen molar-refractivity contribution in [3.63, 3.8) is 0 Å². The molecule has 0 amide bonds. The molecule has 0 aliphatic heterocycles. The van der Waals surface area contributed by atoms with Crippen LogP contribution in [0.1, 0.15) is 24.2 Å². The molecule has 2 rings (SSSR count). The smallest absolute Gasteiger partial charge is 0.337 e. The molecule has 1 heterocycles. The van der Waals surface area contributed by atoms with Crippen LogP contribution in [0, 0.1) is 11.3 Å². The summed E-state index contributed by atoms with van der Waals surface area (Å²) in [6.07, 6.45) is -0.743. The molecule has 1 aromatic heterocycles. The summed E-state index contributed by atoms with van der Waals surface area (Å²) in [7, 11) is 1.27. The lowest BCUT2D eigenvalue weighted by Gasteiger charge is -2.15. The molecule has 0 saturated heterocycles. The van der Waals surface area contributed by atoms with Crippen LogP contribution in [0.5, 0.6) is 0 Å². The molecule has 0 bridgehead atoms. The maximum Gasteiger partial charge on any atom is 0.337 e. The van der Waals surface area contributed by atoms with E-state index in [2.05, 4.69) is 15.8 Å². The molecule has 0 saturated carbocycles. The first-order chi connectivity index (χ1) is 11.4. The van der Waals surface area contributed by atoms with Crippen molar-refractivity contribution in [2.45, 2.75) is 36.9 Å². The van der Waals surface area contributed by atoms with Crippen LogP contribution in [0.25, 0.3) is 10.9 Å². The number of thioether (sulfide) groups is 1. The van der Waals surface area contributed by atoms with E-state index in [1.165, 1.54) is 29.9 Å². The molecule has 2 aromatic rings. The highest BCUT2D eigenvalue weighted by Crippen LogP contribution is 2.23. The molecular formula is C16H17N3O4S. The van der Waals surface area contributed by atoms with Crippen molar-refractivity contribution >= 4 is 28.6 Å². The Morgan fingerprint density at radius 2 is 2.21 bits per heavy atom. The Morgan fingerprint density at radius 1 is 1.50 bits per heavy atom. The number of carbonyl (C=O) groups is 1. The number of methoxy groups -OCH3 is 1. The standard InChI is InChI=1S/C16H17N3O4S/c1-9(20)8-19-14(21)12-5-4-11(15(22)23-3)6-13(12)18-16(19)24-10(2)7-17/h4-6,9-10,20H,8H2,1-3H3/t9-,10-/m1/s1. The summed E-state index contributed by atoms with van der Waals surface area (Å²) in [6.45, 7) is 3.33. The van der Waals surface area contributed by atoms with Gasteiger partial charge in [0, 0.05) is 0 Å². The van der Waals surface area contributed by atoms with Gasteiger partial charge in [0.1, 0.15) is 0 Å². The molecule has 0 aliphatic carbocycles. The Labute approximate surface area is 142 Å². The van der Waals surface area contributed by atoms with Crippen molar-refractivity contribution in [1.82, 2.24) is 9.55 Å². The molecule has 2 atom stereocenters. The number of aliphatic hydroxyl groups is 1. The average molecular weight is 347 g/mol. The van der Waals surface area contributed by atoms with Crippen LogP contribution in [0.3, 0.4) is 0 Å². The van der Waals surface area contributed by atoms with Gasteiger partial charge in [-0.2, -0.15) is 5.26 Å². The second kappa shape index (κ2) is 7.47. The molecule has 7 nitrogen and oxygen atoms in total. The molecular weight excluding hydrogens is 330 g/mol. The van der Waals surface area contributed by atoms with E-state index in [-0.39, 0.29) is 17.7 Å². The second-order valence-corrected chi connectivity index (χ2v) is 6.58. The number of nitrogens with zero attached hydrogens (tertiary/aromatic N) is 3. The number of carbonyl (C=O) groups excluding carboxylic acids is 1. The Hall–Kier alpha value is -2.37. The van der Waals surface area contributed by atoms with Crippen molar-refractivity contribution in [2.24, 2.45) is 0 Å². The van der Waals surface area contributed by atoms with Gasteiger partial charge in [0.25, 0.3) is 5.56 Å². The van der Waals surface area contributed by atoms with Gasteiger partial charge in [0.15, 0.2) is 5.16 Å². The van der Waals surface area contributed by atoms with Crippen LogP contribution >= 0.6 is 11.8 Å². The number of rotatable bonds is 5. The average Bonchev–Trinajstić information content (AvgIpc) is 2.56. The number of benzene rings is 1. The van der Waals surface area contributed by atoms with Gasteiger partial charge in [0.05, 0.1) is 47.5 Å². The van der Waals surface area contributed by atoms with Crippen LogP contribution in [-0.2, 0) is 11.3 Å². The van der Waals surface area contributed by atoms with E-state index < -0.39 is 17.3 Å². The molecule has 0 spiro atoms. The zero-order valence-corrected chi connectivity index (χ0v) is 14.3. The summed E-state index contributed by atoms with van der Waals surface area (Å²) in [4.78, 5) is 28.8. The third-order valence-corrected chi connectivity index (χ3v) is 4.23. The Bertz CT molecular complexity index is 870. The van der Waals surface area contributed by atoms with Crippen molar-refractivity contribution in [3.05, 3.63) is 34.1 Å². The molecule has 126 valence electrons. The number of esters is 1. The summed E-state index contributed by atoms with van der Waals surface area (Å²) in [5.41, 5.74) is 0.303. The first-order valence-electron chi connectivity index (χ1n) is 7.24. The van der Waals surface area contributed by atoms with E-state index in [0.717, 1.165) is 11.8 Å². The third kappa shape index (κ3) is 3.75. The van der Waals surface area contributed by atoms with Crippen molar-refractivity contribution in [3.8, 4) is 6.07 Å². The van der Waals surface area contributed by atoms with Gasteiger partial charge in [-0.25, -0.2) is 9.78 Å². The number of fused-ring (bicyclic) bond motifs is 1. The van der Waals surface area contributed by atoms with Crippen LogP contribution in [0.2, 0.25) is 0 Å². The summed E-state index contributed by atoms with van der Waals surface area (Å²) in [5.74, 6) is -0.522. The fourth-order valence-electron chi connectivity index (χ4n) is 2.15. The van der Waals surface area contributed by atoms with Crippen LogP contribution in [-0.4, -0.2) is 39.1 Å². The molecule has 8 heteroatoms. The number of hydrogen-bond donors (Lipinski definition) is 1. The molecule has 1 aromatic carbocycles. The predicted octanol–water partition coefficient (Wildman–Crippen LogP) is 1.57. The zero-order chi connectivity index (χ0) is 17.9. The fraction of sp³-hybridized carbons (Fsp3) is 0.375. The summed E-state index contributed by atoms with van der Waals surface area (Å²) in [6, 6.07) is 6.56. The van der Waals surface area contributed by atoms with E-state index >= 15 is 0 Å². The summed E-state index contributed by atoms with van der Waals surface area (Å²) < 4.78 is 6.02.